The van der Waals surface area contributed by atoms with Gasteiger partial charge in [-0.05, 0) is 24.6 Å². The van der Waals surface area contributed by atoms with Crippen LogP contribution in [0.4, 0.5) is 0 Å². The first-order valence-corrected chi connectivity index (χ1v) is 10.6. The standard InChI is InChI=1S/C21H23N5O2S/c1-16(17-6-3-2-4-7-17)25-10-12-26(13-11-25)19(27)15-29-21-24-23-20(28-21)18-8-5-9-22-14-18/h2-9,14,16H,10-13,15H2,1H3. The molecule has 0 spiro atoms. The Morgan fingerprint density at radius 2 is 1.90 bits per heavy atom. The van der Waals surface area contributed by atoms with Crippen molar-refractivity contribution in [2.45, 2.75) is 18.2 Å². The third-order valence-corrected chi connectivity index (χ3v) is 5.93. The molecule has 1 atom stereocenters. The maximum atomic E-state index is 12.6. The van der Waals surface area contributed by atoms with Crippen LogP contribution >= 0.6 is 11.8 Å². The van der Waals surface area contributed by atoms with E-state index in [9.17, 15) is 4.79 Å². The number of nitrogens with zero attached hydrogens (tertiary/aromatic N) is 5. The average Bonchev–Trinajstić information content (AvgIpc) is 3.27. The van der Waals surface area contributed by atoms with Crippen LogP contribution in [0, 0.1) is 0 Å². The van der Waals surface area contributed by atoms with E-state index in [4.69, 9.17) is 4.42 Å². The number of thioether (sulfide) groups is 1. The van der Waals surface area contributed by atoms with E-state index in [-0.39, 0.29) is 5.91 Å². The molecule has 8 heteroatoms. The molecular weight excluding hydrogens is 386 g/mol. The summed E-state index contributed by atoms with van der Waals surface area (Å²) < 4.78 is 5.63. The fourth-order valence-corrected chi connectivity index (χ4v) is 4.06. The van der Waals surface area contributed by atoms with Crippen molar-refractivity contribution in [1.82, 2.24) is 25.0 Å². The minimum atomic E-state index is 0.100. The second kappa shape index (κ2) is 9.19. The number of rotatable bonds is 6. The molecule has 150 valence electrons. The maximum absolute atomic E-state index is 12.6. The fourth-order valence-electron chi connectivity index (χ4n) is 3.39. The first kappa shape index (κ1) is 19.6. The van der Waals surface area contributed by atoms with Crippen LogP contribution in [0.25, 0.3) is 11.5 Å². The summed E-state index contributed by atoms with van der Waals surface area (Å²) in [7, 11) is 0. The van der Waals surface area contributed by atoms with Gasteiger partial charge in [0.2, 0.25) is 11.8 Å². The molecule has 3 heterocycles. The van der Waals surface area contributed by atoms with Crippen LogP contribution in [0.3, 0.4) is 0 Å². The number of hydrogen-bond acceptors (Lipinski definition) is 7. The lowest BCUT2D eigenvalue weighted by molar-refractivity contribution is -0.130. The van der Waals surface area contributed by atoms with Gasteiger partial charge >= 0.3 is 0 Å². The average molecular weight is 410 g/mol. The first-order valence-electron chi connectivity index (χ1n) is 9.64. The number of carbonyl (C=O) groups excluding carboxylic acids is 1. The number of amides is 1. The highest BCUT2D eigenvalue weighted by atomic mass is 32.2. The summed E-state index contributed by atoms with van der Waals surface area (Å²) in [4.78, 5) is 21.0. The SMILES string of the molecule is CC(c1ccccc1)N1CCN(C(=O)CSc2nnc(-c3cccnc3)o2)CC1. The summed E-state index contributed by atoms with van der Waals surface area (Å²) in [6, 6.07) is 14.5. The van der Waals surface area contributed by atoms with Crippen molar-refractivity contribution in [3.05, 3.63) is 60.4 Å². The molecular formula is C21H23N5O2S. The molecule has 0 radical (unpaired) electrons. The van der Waals surface area contributed by atoms with E-state index in [0.29, 0.717) is 22.9 Å². The van der Waals surface area contributed by atoms with Gasteiger partial charge in [-0.15, -0.1) is 10.2 Å². The lowest BCUT2D eigenvalue weighted by Gasteiger charge is -2.38. The molecule has 3 aromatic rings. The molecule has 1 aliphatic heterocycles. The van der Waals surface area contributed by atoms with Gasteiger partial charge in [0.15, 0.2) is 0 Å². The molecule has 1 aromatic carbocycles. The van der Waals surface area contributed by atoms with Crippen molar-refractivity contribution in [2.75, 3.05) is 31.9 Å². The summed E-state index contributed by atoms with van der Waals surface area (Å²) in [6.45, 7) is 5.44. The zero-order chi connectivity index (χ0) is 20.1. The topological polar surface area (TPSA) is 75.4 Å². The smallest absolute Gasteiger partial charge is 0.277 e. The van der Waals surface area contributed by atoms with Crippen molar-refractivity contribution in [1.29, 1.82) is 0 Å². The second-order valence-corrected chi connectivity index (χ2v) is 7.83. The monoisotopic (exact) mass is 409 g/mol. The van der Waals surface area contributed by atoms with Crippen molar-refractivity contribution >= 4 is 17.7 Å². The Morgan fingerprint density at radius 1 is 1.10 bits per heavy atom. The highest BCUT2D eigenvalue weighted by molar-refractivity contribution is 7.99. The minimum absolute atomic E-state index is 0.100. The Hall–Kier alpha value is -2.71. The van der Waals surface area contributed by atoms with Gasteiger partial charge in [0, 0.05) is 44.6 Å². The summed E-state index contributed by atoms with van der Waals surface area (Å²) in [5, 5.41) is 8.44. The van der Waals surface area contributed by atoms with Crippen LogP contribution in [0.5, 0.6) is 0 Å². The number of carbonyl (C=O) groups is 1. The van der Waals surface area contributed by atoms with E-state index in [2.05, 4.69) is 51.3 Å². The van der Waals surface area contributed by atoms with Gasteiger partial charge < -0.3 is 9.32 Å². The van der Waals surface area contributed by atoms with Gasteiger partial charge in [0.25, 0.3) is 5.22 Å². The Kier molecular flexibility index (Phi) is 6.21. The lowest BCUT2D eigenvalue weighted by atomic mass is 10.1. The molecule has 1 unspecified atom stereocenters. The van der Waals surface area contributed by atoms with Crippen LogP contribution in [-0.4, -0.2) is 62.8 Å². The minimum Gasteiger partial charge on any atom is -0.411 e. The van der Waals surface area contributed by atoms with Crippen LogP contribution in [0.2, 0.25) is 0 Å². The third-order valence-electron chi connectivity index (χ3n) is 5.13. The van der Waals surface area contributed by atoms with E-state index >= 15 is 0 Å². The third kappa shape index (κ3) is 4.83. The number of pyridine rings is 1. The molecule has 4 rings (SSSR count). The number of benzene rings is 1. The van der Waals surface area contributed by atoms with E-state index in [1.807, 2.05) is 23.1 Å². The Balaban J connectivity index is 1.26. The fraction of sp³-hybridized carbons (Fsp3) is 0.333. The largest absolute Gasteiger partial charge is 0.411 e. The summed E-state index contributed by atoms with van der Waals surface area (Å²) in [5.41, 5.74) is 2.07. The predicted molar refractivity (Wildman–Crippen MR) is 111 cm³/mol. The van der Waals surface area contributed by atoms with Crippen molar-refractivity contribution < 1.29 is 9.21 Å². The van der Waals surface area contributed by atoms with Crippen LogP contribution in [-0.2, 0) is 4.79 Å². The predicted octanol–water partition coefficient (Wildman–Crippen LogP) is 3.13. The number of aromatic nitrogens is 3. The van der Waals surface area contributed by atoms with Gasteiger partial charge in [0.05, 0.1) is 11.3 Å². The van der Waals surface area contributed by atoms with Crippen LogP contribution in [0.15, 0.2) is 64.5 Å². The van der Waals surface area contributed by atoms with E-state index in [1.165, 1.54) is 17.3 Å². The summed E-state index contributed by atoms with van der Waals surface area (Å²) in [5.74, 6) is 0.808. The molecule has 0 aliphatic carbocycles. The van der Waals surface area contributed by atoms with Gasteiger partial charge in [0.1, 0.15) is 0 Å². The summed E-state index contributed by atoms with van der Waals surface area (Å²) >= 11 is 1.28. The molecule has 0 saturated carbocycles. The van der Waals surface area contributed by atoms with Gasteiger partial charge in [-0.3, -0.25) is 14.7 Å². The van der Waals surface area contributed by atoms with Crippen molar-refractivity contribution in [2.24, 2.45) is 0 Å². The Morgan fingerprint density at radius 3 is 2.62 bits per heavy atom. The van der Waals surface area contributed by atoms with Gasteiger partial charge in [-0.1, -0.05) is 42.1 Å². The maximum Gasteiger partial charge on any atom is 0.277 e. The molecule has 7 nitrogen and oxygen atoms in total. The molecule has 2 aromatic heterocycles. The zero-order valence-corrected chi connectivity index (χ0v) is 17.1. The highest BCUT2D eigenvalue weighted by Gasteiger charge is 2.25. The van der Waals surface area contributed by atoms with E-state index in [1.54, 1.807) is 12.4 Å². The Bertz CT molecular complexity index is 927. The van der Waals surface area contributed by atoms with Crippen molar-refractivity contribution in [3.63, 3.8) is 0 Å². The highest BCUT2D eigenvalue weighted by Crippen LogP contribution is 2.24. The molecule has 1 saturated heterocycles. The molecule has 0 N–H and O–H groups in total. The van der Waals surface area contributed by atoms with E-state index < -0.39 is 0 Å². The molecule has 0 bridgehead atoms. The molecule has 29 heavy (non-hydrogen) atoms. The number of piperazine rings is 1. The lowest BCUT2D eigenvalue weighted by Crippen LogP contribution is -2.49. The Labute approximate surface area is 174 Å². The first-order chi connectivity index (χ1) is 14.2. The van der Waals surface area contributed by atoms with Gasteiger partial charge in [-0.2, -0.15) is 0 Å². The van der Waals surface area contributed by atoms with Crippen LogP contribution in [0.1, 0.15) is 18.5 Å². The quantitative estimate of drug-likeness (QED) is 0.579. The second-order valence-electron chi connectivity index (χ2n) is 6.91. The summed E-state index contributed by atoms with van der Waals surface area (Å²) in [6.07, 6.45) is 3.36. The van der Waals surface area contributed by atoms with E-state index in [0.717, 1.165) is 31.7 Å². The van der Waals surface area contributed by atoms with Crippen molar-refractivity contribution in [3.8, 4) is 11.5 Å². The normalized spacial score (nSPS) is 16.0. The number of hydrogen-bond donors (Lipinski definition) is 0. The van der Waals surface area contributed by atoms with Gasteiger partial charge in [-0.25, -0.2) is 0 Å². The zero-order valence-electron chi connectivity index (χ0n) is 16.3. The van der Waals surface area contributed by atoms with Crippen LogP contribution < -0.4 is 0 Å². The molecule has 1 fully saturated rings. The molecule has 1 amide bonds. The molecule has 1 aliphatic rings.